The van der Waals surface area contributed by atoms with Gasteiger partial charge in [0.2, 0.25) is 5.91 Å². The molecule has 1 fully saturated rings. The second kappa shape index (κ2) is 9.85. The predicted molar refractivity (Wildman–Crippen MR) is 102 cm³/mol. The van der Waals surface area contributed by atoms with Crippen molar-refractivity contribution in [3.05, 3.63) is 36.2 Å². The molecule has 1 saturated heterocycles. The van der Waals surface area contributed by atoms with Gasteiger partial charge in [0, 0.05) is 31.6 Å². The van der Waals surface area contributed by atoms with Crippen LogP contribution in [0.1, 0.15) is 26.2 Å². The van der Waals surface area contributed by atoms with Gasteiger partial charge in [-0.15, -0.1) is 0 Å². The van der Waals surface area contributed by atoms with Crippen molar-refractivity contribution in [1.29, 1.82) is 0 Å². The zero-order valence-corrected chi connectivity index (χ0v) is 16.4. The first kappa shape index (κ1) is 21.4. The molecule has 1 aromatic rings. The van der Waals surface area contributed by atoms with Gasteiger partial charge in [-0.1, -0.05) is 6.92 Å². The number of amides is 1. The van der Waals surface area contributed by atoms with Gasteiger partial charge in [0.1, 0.15) is 12.4 Å². The lowest BCUT2D eigenvalue weighted by atomic mass is 10.1. The molecule has 2 N–H and O–H groups in total. The number of rotatable bonds is 9. The van der Waals surface area contributed by atoms with Crippen LogP contribution in [0.25, 0.3) is 0 Å². The van der Waals surface area contributed by atoms with Crippen LogP contribution in [-0.2, 0) is 14.6 Å². The molecule has 0 saturated carbocycles. The van der Waals surface area contributed by atoms with Gasteiger partial charge in [0.05, 0.1) is 17.0 Å². The first-order valence-corrected chi connectivity index (χ1v) is 10.7. The molecule has 0 bridgehead atoms. The molecule has 1 aliphatic rings. The topological polar surface area (TPSA) is 89.7 Å². The van der Waals surface area contributed by atoms with Crippen LogP contribution in [0.3, 0.4) is 0 Å². The van der Waals surface area contributed by atoms with Gasteiger partial charge in [-0.25, -0.2) is 12.8 Å². The number of hydrogen-bond donors (Lipinski definition) is 1. The summed E-state index contributed by atoms with van der Waals surface area (Å²) in [7, 11) is -3.47. The molecule has 0 radical (unpaired) electrons. The molecule has 8 heteroatoms. The molecule has 6 nitrogen and oxygen atoms in total. The Morgan fingerprint density at radius 2 is 2.04 bits per heavy atom. The van der Waals surface area contributed by atoms with E-state index in [1.807, 2.05) is 6.92 Å². The largest absolute Gasteiger partial charge is 0.489 e. The van der Waals surface area contributed by atoms with Gasteiger partial charge in [-0.3, -0.25) is 4.79 Å². The summed E-state index contributed by atoms with van der Waals surface area (Å²) in [5.41, 5.74) is 5.67. The third-order valence-electron chi connectivity index (χ3n) is 4.48. The number of carbonyl (C=O) groups is 1. The van der Waals surface area contributed by atoms with Crippen LogP contribution in [0.2, 0.25) is 0 Å². The number of likely N-dealkylation sites (tertiary alicyclic amines) is 1. The fourth-order valence-electron chi connectivity index (χ4n) is 3.01. The molecule has 150 valence electrons. The third kappa shape index (κ3) is 6.32. The molecule has 0 aromatic heterocycles. The monoisotopic (exact) mass is 398 g/mol. The zero-order chi connectivity index (χ0) is 19.9. The summed E-state index contributed by atoms with van der Waals surface area (Å²) in [6, 6.07) is 6.03. The number of hydrogen-bond acceptors (Lipinski definition) is 5. The summed E-state index contributed by atoms with van der Waals surface area (Å²) in [6.45, 7) is 3.07. The first-order valence-electron chi connectivity index (χ1n) is 9.07. The highest BCUT2D eigenvalue weighted by Gasteiger charge is 2.24. The quantitative estimate of drug-likeness (QED) is 0.689. The molecule has 1 atom stereocenters. The minimum atomic E-state index is -3.47. The minimum Gasteiger partial charge on any atom is -0.489 e. The van der Waals surface area contributed by atoms with Crippen LogP contribution >= 0.6 is 0 Å². The van der Waals surface area contributed by atoms with Gasteiger partial charge in [0.25, 0.3) is 0 Å². The number of nitrogens with two attached hydrogens (primary N) is 1. The maximum absolute atomic E-state index is 12.6. The van der Waals surface area contributed by atoms with Crippen LogP contribution < -0.4 is 10.5 Å². The normalized spacial score (nSPS) is 17.1. The Labute approximate surface area is 160 Å². The van der Waals surface area contributed by atoms with Crippen LogP contribution in [0.5, 0.6) is 5.75 Å². The molecule has 1 amide bonds. The van der Waals surface area contributed by atoms with Crippen molar-refractivity contribution in [3.63, 3.8) is 0 Å². The number of ether oxygens (including phenoxy) is 1. The highest BCUT2D eigenvalue weighted by Crippen LogP contribution is 2.20. The van der Waals surface area contributed by atoms with Crippen LogP contribution in [0.4, 0.5) is 4.39 Å². The molecule has 1 aromatic carbocycles. The second-order valence-electron chi connectivity index (χ2n) is 6.92. The average molecular weight is 399 g/mol. The van der Waals surface area contributed by atoms with E-state index in [1.165, 1.54) is 24.3 Å². The molecule has 0 aliphatic carbocycles. The first-order chi connectivity index (χ1) is 12.9. The van der Waals surface area contributed by atoms with E-state index in [-0.39, 0.29) is 35.6 Å². The number of carbonyl (C=O) groups excluding carboxylic acids is 1. The van der Waals surface area contributed by atoms with E-state index in [4.69, 9.17) is 10.5 Å². The predicted octanol–water partition coefficient (Wildman–Crippen LogP) is 2.30. The Morgan fingerprint density at radius 1 is 1.33 bits per heavy atom. The average Bonchev–Trinajstić information content (AvgIpc) is 2.64. The van der Waals surface area contributed by atoms with E-state index in [0.717, 1.165) is 12.8 Å². The van der Waals surface area contributed by atoms with Crippen LogP contribution in [0, 0.1) is 5.92 Å². The van der Waals surface area contributed by atoms with Crippen molar-refractivity contribution in [2.24, 2.45) is 11.7 Å². The smallest absolute Gasteiger partial charge is 0.222 e. The summed E-state index contributed by atoms with van der Waals surface area (Å²) in [5.74, 6) is 0.355. The standard InChI is InChI=1S/C19H27FN2O4S/c1-15(12-22-9-3-2-4-19(22)23)14-27(24,25)18-7-5-17(6-8-18)26-13-16(10-20)11-21/h5-8,10,15H,2-4,9,11-14,21H2,1H3/b16-10+. The van der Waals surface area contributed by atoms with E-state index in [2.05, 4.69) is 0 Å². The lowest BCUT2D eigenvalue weighted by molar-refractivity contribution is -0.133. The molecule has 2 rings (SSSR count). The SMILES string of the molecule is CC(CN1CCCCC1=O)CS(=O)(=O)c1ccc(OC/C(=C/F)CN)cc1. The van der Waals surface area contributed by atoms with Gasteiger partial charge in [0.15, 0.2) is 9.84 Å². The summed E-state index contributed by atoms with van der Waals surface area (Å²) < 4.78 is 43.1. The fourth-order valence-corrected chi connectivity index (χ4v) is 4.61. The fraction of sp³-hybridized carbons (Fsp3) is 0.526. The van der Waals surface area contributed by atoms with Crippen molar-refractivity contribution in [1.82, 2.24) is 4.90 Å². The molecule has 1 aliphatic heterocycles. The Kier molecular flexibility index (Phi) is 7.79. The highest BCUT2D eigenvalue weighted by molar-refractivity contribution is 7.91. The van der Waals surface area contributed by atoms with E-state index >= 15 is 0 Å². The second-order valence-corrected chi connectivity index (χ2v) is 8.95. The number of nitrogens with zero attached hydrogens (tertiary/aromatic N) is 1. The molecule has 1 heterocycles. The zero-order valence-electron chi connectivity index (χ0n) is 15.6. The number of halogens is 1. The van der Waals surface area contributed by atoms with Gasteiger partial charge in [-0.05, 0) is 43.0 Å². The summed E-state index contributed by atoms with van der Waals surface area (Å²) in [4.78, 5) is 13.8. The van der Waals surface area contributed by atoms with E-state index in [9.17, 15) is 17.6 Å². The molecule has 0 spiro atoms. The van der Waals surface area contributed by atoms with Crippen molar-refractivity contribution in [3.8, 4) is 5.75 Å². The number of benzene rings is 1. The van der Waals surface area contributed by atoms with Crippen LogP contribution in [0.15, 0.2) is 41.1 Å². The molecule has 27 heavy (non-hydrogen) atoms. The number of sulfone groups is 1. The summed E-state index contributed by atoms with van der Waals surface area (Å²) in [6.07, 6.45) is 2.83. The van der Waals surface area contributed by atoms with E-state index < -0.39 is 9.84 Å². The van der Waals surface area contributed by atoms with E-state index in [1.54, 1.807) is 4.90 Å². The van der Waals surface area contributed by atoms with Gasteiger partial charge in [-0.2, -0.15) is 0 Å². The van der Waals surface area contributed by atoms with E-state index in [0.29, 0.717) is 37.2 Å². The Hall–Kier alpha value is -1.93. The van der Waals surface area contributed by atoms with Crippen LogP contribution in [-0.4, -0.2) is 51.2 Å². The number of piperidine rings is 1. The third-order valence-corrected chi connectivity index (χ3v) is 6.48. The van der Waals surface area contributed by atoms with Crippen molar-refractivity contribution >= 4 is 15.7 Å². The molecular formula is C19H27FN2O4S. The Morgan fingerprint density at radius 3 is 2.63 bits per heavy atom. The van der Waals surface area contributed by atoms with Crippen molar-refractivity contribution < 1.29 is 22.3 Å². The molecular weight excluding hydrogens is 371 g/mol. The lowest BCUT2D eigenvalue weighted by Gasteiger charge is -2.29. The Balaban J connectivity index is 1.94. The maximum atomic E-state index is 12.6. The summed E-state index contributed by atoms with van der Waals surface area (Å²) >= 11 is 0. The Bertz CT molecular complexity index is 762. The molecule has 1 unspecified atom stereocenters. The minimum absolute atomic E-state index is 0.0139. The van der Waals surface area contributed by atoms with Crippen molar-refractivity contribution in [2.45, 2.75) is 31.1 Å². The van der Waals surface area contributed by atoms with Gasteiger partial charge >= 0.3 is 0 Å². The lowest BCUT2D eigenvalue weighted by Crippen LogP contribution is -2.39. The summed E-state index contributed by atoms with van der Waals surface area (Å²) in [5, 5.41) is 0. The highest BCUT2D eigenvalue weighted by atomic mass is 32.2. The van der Waals surface area contributed by atoms with Crippen molar-refractivity contribution in [2.75, 3.05) is 32.0 Å². The maximum Gasteiger partial charge on any atom is 0.222 e. The van der Waals surface area contributed by atoms with Gasteiger partial charge < -0.3 is 15.4 Å².